The van der Waals surface area contributed by atoms with E-state index in [1.54, 1.807) is 17.8 Å². The van der Waals surface area contributed by atoms with Gasteiger partial charge in [0.05, 0.1) is 15.8 Å². The Balaban J connectivity index is 3.02. The summed E-state index contributed by atoms with van der Waals surface area (Å²) in [5.41, 5.74) is 7.29. The van der Waals surface area contributed by atoms with E-state index in [1.807, 2.05) is 7.05 Å². The minimum Gasteiger partial charge on any atom is -0.397 e. The molecule has 0 saturated heterocycles. The second kappa shape index (κ2) is 6.50. The summed E-state index contributed by atoms with van der Waals surface area (Å²) in [5.74, 6) is 0.726. The maximum atomic E-state index is 13.5. The minimum absolute atomic E-state index is 0.278. The van der Waals surface area contributed by atoms with Gasteiger partial charge in [-0.15, -0.1) is 0 Å². The zero-order valence-electron chi connectivity index (χ0n) is 10.3. The number of hydrogen-bond donors (Lipinski definition) is 1. The predicted molar refractivity (Wildman–Crippen MR) is 79.4 cm³/mol. The van der Waals surface area contributed by atoms with Crippen molar-refractivity contribution in [3.8, 4) is 0 Å². The Morgan fingerprint density at radius 1 is 1.53 bits per heavy atom. The maximum Gasteiger partial charge on any atom is 0.139 e. The Bertz CT molecular complexity index is 387. The van der Waals surface area contributed by atoms with E-state index in [1.165, 1.54) is 6.07 Å². The lowest BCUT2D eigenvalue weighted by Gasteiger charge is -2.30. The Morgan fingerprint density at radius 3 is 2.71 bits per heavy atom. The molecule has 17 heavy (non-hydrogen) atoms. The largest absolute Gasteiger partial charge is 0.397 e. The fourth-order valence-electron chi connectivity index (χ4n) is 1.75. The Hall–Kier alpha value is -0.420. The van der Waals surface area contributed by atoms with Crippen molar-refractivity contribution in [3.05, 3.63) is 22.4 Å². The van der Waals surface area contributed by atoms with Crippen LogP contribution in [0.1, 0.15) is 13.3 Å². The van der Waals surface area contributed by atoms with Crippen molar-refractivity contribution in [1.82, 2.24) is 0 Å². The van der Waals surface area contributed by atoms with Crippen LogP contribution in [0.4, 0.5) is 15.8 Å². The fraction of sp³-hybridized carbons (Fsp3) is 0.500. The van der Waals surface area contributed by atoms with Crippen molar-refractivity contribution in [3.63, 3.8) is 0 Å². The summed E-state index contributed by atoms with van der Waals surface area (Å²) in [6.07, 6.45) is 3.08. The second-order valence-electron chi connectivity index (χ2n) is 3.95. The first kappa shape index (κ1) is 14.6. The van der Waals surface area contributed by atoms with Crippen molar-refractivity contribution in [2.75, 3.05) is 29.7 Å². The van der Waals surface area contributed by atoms with Gasteiger partial charge < -0.3 is 10.6 Å². The first-order valence-electron chi connectivity index (χ1n) is 5.47. The highest BCUT2D eigenvalue weighted by molar-refractivity contribution is 9.10. The number of rotatable bonds is 5. The van der Waals surface area contributed by atoms with Crippen LogP contribution < -0.4 is 10.6 Å². The molecule has 96 valence electrons. The summed E-state index contributed by atoms with van der Waals surface area (Å²) in [6, 6.07) is 3.47. The van der Waals surface area contributed by atoms with E-state index in [9.17, 15) is 4.39 Å². The molecule has 0 amide bonds. The van der Waals surface area contributed by atoms with Gasteiger partial charge in [-0.2, -0.15) is 11.8 Å². The zero-order valence-corrected chi connectivity index (χ0v) is 12.7. The topological polar surface area (TPSA) is 29.3 Å². The van der Waals surface area contributed by atoms with Gasteiger partial charge in [0, 0.05) is 24.9 Å². The maximum absolute atomic E-state index is 13.5. The van der Waals surface area contributed by atoms with Crippen LogP contribution in [0.2, 0.25) is 0 Å². The quantitative estimate of drug-likeness (QED) is 0.838. The molecule has 1 atom stereocenters. The van der Waals surface area contributed by atoms with Crippen molar-refractivity contribution in [2.45, 2.75) is 19.4 Å². The third kappa shape index (κ3) is 3.52. The first-order chi connectivity index (χ1) is 8.01. The summed E-state index contributed by atoms with van der Waals surface area (Å²) in [7, 11) is 1.96. The van der Waals surface area contributed by atoms with Gasteiger partial charge in [-0.05, 0) is 34.7 Å². The molecule has 0 aromatic heterocycles. The standard InChI is InChI=1S/C12H18BrFN2S/c1-4-8(7-17-3)16(2)12-6-10(14)9(13)5-11(12)15/h5-6,8H,4,7,15H2,1-3H3. The lowest BCUT2D eigenvalue weighted by atomic mass is 10.2. The van der Waals surface area contributed by atoms with E-state index in [4.69, 9.17) is 5.73 Å². The van der Waals surface area contributed by atoms with Gasteiger partial charge in [0.2, 0.25) is 0 Å². The van der Waals surface area contributed by atoms with E-state index in [0.717, 1.165) is 17.9 Å². The molecule has 0 spiro atoms. The molecule has 1 unspecified atom stereocenters. The smallest absolute Gasteiger partial charge is 0.139 e. The van der Waals surface area contributed by atoms with Gasteiger partial charge in [0.1, 0.15) is 5.82 Å². The molecule has 0 heterocycles. The molecule has 0 aliphatic heterocycles. The summed E-state index contributed by atoms with van der Waals surface area (Å²) < 4.78 is 13.9. The molecule has 0 saturated carbocycles. The molecule has 2 N–H and O–H groups in total. The van der Waals surface area contributed by atoms with Crippen molar-refractivity contribution in [1.29, 1.82) is 0 Å². The number of benzene rings is 1. The number of halogens is 2. The van der Waals surface area contributed by atoms with Crippen molar-refractivity contribution in [2.24, 2.45) is 0 Å². The van der Waals surface area contributed by atoms with E-state index in [-0.39, 0.29) is 5.82 Å². The summed E-state index contributed by atoms with van der Waals surface area (Å²) in [5, 5.41) is 0. The highest BCUT2D eigenvalue weighted by atomic mass is 79.9. The van der Waals surface area contributed by atoms with Crippen molar-refractivity contribution < 1.29 is 4.39 Å². The molecule has 0 bridgehead atoms. The molecule has 0 aliphatic carbocycles. The normalized spacial score (nSPS) is 12.5. The Morgan fingerprint density at radius 2 is 2.18 bits per heavy atom. The molecule has 0 radical (unpaired) electrons. The van der Waals surface area contributed by atoms with Crippen LogP contribution in [0.25, 0.3) is 0 Å². The van der Waals surface area contributed by atoms with Crippen LogP contribution in [0.3, 0.4) is 0 Å². The van der Waals surface area contributed by atoms with Gasteiger partial charge in [-0.25, -0.2) is 4.39 Å². The van der Waals surface area contributed by atoms with Crippen LogP contribution >= 0.6 is 27.7 Å². The molecule has 1 aromatic carbocycles. The number of nitrogen functional groups attached to an aromatic ring is 1. The molecule has 2 nitrogen and oxygen atoms in total. The number of nitrogens with zero attached hydrogens (tertiary/aromatic N) is 1. The second-order valence-corrected chi connectivity index (χ2v) is 5.72. The first-order valence-corrected chi connectivity index (χ1v) is 7.66. The lowest BCUT2D eigenvalue weighted by molar-refractivity contribution is 0.617. The van der Waals surface area contributed by atoms with Crippen LogP contribution in [-0.2, 0) is 0 Å². The average molecular weight is 321 g/mol. The van der Waals surface area contributed by atoms with Gasteiger partial charge in [-0.1, -0.05) is 6.92 Å². The van der Waals surface area contributed by atoms with Crippen LogP contribution in [0.15, 0.2) is 16.6 Å². The van der Waals surface area contributed by atoms with Crippen LogP contribution in [0, 0.1) is 5.82 Å². The molecule has 0 fully saturated rings. The zero-order chi connectivity index (χ0) is 13.0. The van der Waals surface area contributed by atoms with E-state index in [2.05, 4.69) is 34.0 Å². The fourth-order valence-corrected chi connectivity index (χ4v) is 2.95. The number of anilines is 2. The highest BCUT2D eigenvalue weighted by Gasteiger charge is 2.16. The summed E-state index contributed by atoms with van der Waals surface area (Å²) >= 11 is 4.92. The number of thioether (sulfide) groups is 1. The average Bonchev–Trinajstić information content (AvgIpc) is 2.30. The van der Waals surface area contributed by atoms with Crippen LogP contribution in [-0.4, -0.2) is 25.1 Å². The Labute approximate surface area is 115 Å². The predicted octanol–water partition coefficient (Wildman–Crippen LogP) is 3.75. The number of nitrogens with two attached hydrogens (primary N) is 1. The number of hydrogen-bond acceptors (Lipinski definition) is 3. The molecular formula is C12H18BrFN2S. The van der Waals surface area contributed by atoms with Gasteiger partial charge in [0.25, 0.3) is 0 Å². The SMILES string of the molecule is CCC(CSC)N(C)c1cc(F)c(Br)cc1N. The third-order valence-corrected chi connectivity index (χ3v) is 4.15. The molecule has 5 heteroatoms. The molecule has 1 aromatic rings. The highest BCUT2D eigenvalue weighted by Crippen LogP contribution is 2.30. The summed E-state index contributed by atoms with van der Waals surface area (Å²) in [6.45, 7) is 2.13. The Kier molecular flexibility index (Phi) is 5.59. The molecular weight excluding hydrogens is 303 g/mol. The van der Waals surface area contributed by atoms with Gasteiger partial charge in [0.15, 0.2) is 0 Å². The van der Waals surface area contributed by atoms with E-state index in [0.29, 0.717) is 16.2 Å². The van der Waals surface area contributed by atoms with Crippen molar-refractivity contribution >= 4 is 39.1 Å². The van der Waals surface area contributed by atoms with Crippen LogP contribution in [0.5, 0.6) is 0 Å². The monoisotopic (exact) mass is 320 g/mol. The van der Waals surface area contributed by atoms with Gasteiger partial charge >= 0.3 is 0 Å². The van der Waals surface area contributed by atoms with E-state index < -0.39 is 0 Å². The van der Waals surface area contributed by atoms with Gasteiger partial charge in [-0.3, -0.25) is 0 Å². The lowest BCUT2D eigenvalue weighted by Crippen LogP contribution is -2.33. The van der Waals surface area contributed by atoms with E-state index >= 15 is 0 Å². The summed E-state index contributed by atoms with van der Waals surface area (Å²) in [4.78, 5) is 2.06. The molecule has 0 aliphatic rings. The molecule has 1 rings (SSSR count). The third-order valence-electron chi connectivity index (χ3n) is 2.83. The minimum atomic E-state index is -0.278.